The van der Waals surface area contributed by atoms with Crippen LogP contribution in [0.3, 0.4) is 0 Å². The maximum absolute atomic E-state index is 12.0. The lowest BCUT2D eigenvalue weighted by atomic mass is 10.1. The van der Waals surface area contributed by atoms with Crippen LogP contribution in [-0.4, -0.2) is 35.8 Å². The fourth-order valence-electron chi connectivity index (χ4n) is 1.91. The lowest BCUT2D eigenvalue weighted by molar-refractivity contribution is -0.138. The molecule has 0 spiro atoms. The minimum atomic E-state index is -0.596. The first kappa shape index (κ1) is 13.8. The van der Waals surface area contributed by atoms with Crippen molar-refractivity contribution in [3.8, 4) is 0 Å². The molecule has 20 heavy (non-hydrogen) atoms. The Morgan fingerprint density at radius 1 is 1.25 bits per heavy atom. The highest BCUT2D eigenvalue weighted by molar-refractivity contribution is 6.21. The van der Waals surface area contributed by atoms with Crippen molar-refractivity contribution in [1.29, 1.82) is 0 Å². The highest BCUT2D eigenvalue weighted by Crippen LogP contribution is 2.21. The molecule has 104 valence electrons. The van der Waals surface area contributed by atoms with E-state index in [0.717, 1.165) is 11.0 Å². The van der Waals surface area contributed by atoms with E-state index in [1.807, 2.05) is 0 Å². The predicted molar refractivity (Wildman–Crippen MR) is 70.7 cm³/mol. The van der Waals surface area contributed by atoms with E-state index in [1.54, 1.807) is 31.2 Å². The van der Waals surface area contributed by atoms with Crippen LogP contribution in [0.25, 0.3) is 0 Å². The standard InChI is InChI=1S/C14H14N2O4/c1-9(15)8-12(17)20-7-6-16-13(18)10-4-2-3-5-11(10)14(16)19/h2-5,8H,6-7,15H2,1H3. The highest BCUT2D eigenvalue weighted by Gasteiger charge is 2.34. The minimum Gasteiger partial charge on any atom is -0.461 e. The van der Waals surface area contributed by atoms with Crippen LogP contribution in [-0.2, 0) is 9.53 Å². The topological polar surface area (TPSA) is 89.7 Å². The van der Waals surface area contributed by atoms with Gasteiger partial charge < -0.3 is 10.5 Å². The summed E-state index contributed by atoms with van der Waals surface area (Å²) >= 11 is 0. The molecule has 1 aliphatic heterocycles. The molecule has 0 aromatic heterocycles. The van der Waals surface area contributed by atoms with Crippen LogP contribution in [0, 0.1) is 0 Å². The average molecular weight is 274 g/mol. The van der Waals surface area contributed by atoms with Gasteiger partial charge in [-0.15, -0.1) is 0 Å². The van der Waals surface area contributed by atoms with Crippen LogP contribution < -0.4 is 5.73 Å². The summed E-state index contributed by atoms with van der Waals surface area (Å²) in [5.41, 5.74) is 6.41. The normalized spacial score (nSPS) is 14.4. The quantitative estimate of drug-likeness (QED) is 0.495. The number of allylic oxidation sites excluding steroid dienone is 1. The van der Waals surface area contributed by atoms with Gasteiger partial charge in [-0.3, -0.25) is 14.5 Å². The molecular weight excluding hydrogens is 260 g/mol. The number of carbonyl (C=O) groups excluding carboxylic acids is 3. The molecular formula is C14H14N2O4. The molecule has 0 fully saturated rings. The molecule has 0 atom stereocenters. The Morgan fingerprint density at radius 2 is 1.80 bits per heavy atom. The van der Waals surface area contributed by atoms with Gasteiger partial charge in [0, 0.05) is 11.8 Å². The number of rotatable bonds is 4. The van der Waals surface area contributed by atoms with Gasteiger partial charge in [-0.2, -0.15) is 0 Å². The molecule has 1 aromatic carbocycles. The van der Waals surface area contributed by atoms with Crippen LogP contribution in [0.4, 0.5) is 0 Å². The van der Waals surface area contributed by atoms with E-state index in [-0.39, 0.29) is 25.0 Å². The maximum atomic E-state index is 12.0. The molecule has 0 aliphatic carbocycles. The van der Waals surface area contributed by atoms with Gasteiger partial charge in [-0.1, -0.05) is 12.1 Å². The molecule has 2 rings (SSSR count). The fourth-order valence-corrected chi connectivity index (χ4v) is 1.91. The largest absolute Gasteiger partial charge is 0.461 e. The molecule has 0 unspecified atom stereocenters. The second kappa shape index (κ2) is 5.56. The average Bonchev–Trinajstić information content (AvgIpc) is 2.63. The van der Waals surface area contributed by atoms with Crippen molar-refractivity contribution >= 4 is 17.8 Å². The van der Waals surface area contributed by atoms with E-state index in [9.17, 15) is 14.4 Å². The summed E-state index contributed by atoms with van der Waals surface area (Å²) < 4.78 is 4.87. The van der Waals surface area contributed by atoms with Gasteiger partial charge in [-0.25, -0.2) is 4.79 Å². The number of nitrogens with zero attached hydrogens (tertiary/aromatic N) is 1. The number of benzene rings is 1. The number of amides is 2. The van der Waals surface area contributed by atoms with E-state index < -0.39 is 5.97 Å². The smallest absolute Gasteiger partial charge is 0.332 e. The fraction of sp³-hybridized carbons (Fsp3) is 0.214. The Kier molecular flexibility index (Phi) is 3.84. The zero-order valence-electron chi connectivity index (χ0n) is 11.0. The molecule has 6 heteroatoms. The summed E-state index contributed by atoms with van der Waals surface area (Å²) in [6, 6.07) is 6.59. The van der Waals surface area contributed by atoms with Crippen molar-refractivity contribution in [3.05, 3.63) is 47.2 Å². The van der Waals surface area contributed by atoms with Crippen LogP contribution in [0.1, 0.15) is 27.6 Å². The molecule has 0 saturated heterocycles. The third-order valence-electron chi connectivity index (χ3n) is 2.78. The number of esters is 1. The number of hydrogen-bond acceptors (Lipinski definition) is 5. The molecule has 2 N–H and O–H groups in total. The zero-order chi connectivity index (χ0) is 14.7. The van der Waals surface area contributed by atoms with Gasteiger partial charge >= 0.3 is 5.97 Å². The molecule has 6 nitrogen and oxygen atoms in total. The van der Waals surface area contributed by atoms with E-state index in [4.69, 9.17) is 10.5 Å². The Labute approximate surface area is 115 Å². The number of nitrogens with two attached hydrogens (primary N) is 1. The Balaban J connectivity index is 1.96. The van der Waals surface area contributed by atoms with Gasteiger partial charge in [0.2, 0.25) is 0 Å². The van der Waals surface area contributed by atoms with Crippen molar-refractivity contribution in [2.75, 3.05) is 13.2 Å². The van der Waals surface area contributed by atoms with E-state index in [2.05, 4.69) is 0 Å². The molecule has 0 radical (unpaired) electrons. The van der Waals surface area contributed by atoms with Gasteiger partial charge in [0.15, 0.2) is 0 Å². The Hall–Kier alpha value is -2.63. The first-order valence-electron chi connectivity index (χ1n) is 6.06. The van der Waals surface area contributed by atoms with Crippen LogP contribution >= 0.6 is 0 Å². The van der Waals surface area contributed by atoms with Crippen LogP contribution in [0.2, 0.25) is 0 Å². The molecule has 0 saturated carbocycles. The Bertz CT molecular complexity index is 568. The molecule has 0 bridgehead atoms. The maximum Gasteiger partial charge on any atom is 0.332 e. The van der Waals surface area contributed by atoms with Crippen LogP contribution in [0.5, 0.6) is 0 Å². The van der Waals surface area contributed by atoms with Crippen molar-refractivity contribution in [3.63, 3.8) is 0 Å². The number of ether oxygens (including phenoxy) is 1. The van der Waals surface area contributed by atoms with E-state index >= 15 is 0 Å². The molecule has 1 aliphatic rings. The second-order valence-electron chi connectivity index (χ2n) is 4.36. The number of fused-ring (bicyclic) bond motifs is 1. The molecule has 1 aromatic rings. The predicted octanol–water partition coefficient (Wildman–Crippen LogP) is 0.688. The summed E-state index contributed by atoms with van der Waals surface area (Å²) in [6.45, 7) is 1.52. The highest BCUT2D eigenvalue weighted by atomic mass is 16.5. The van der Waals surface area contributed by atoms with Gasteiger partial charge in [0.05, 0.1) is 17.7 Å². The summed E-state index contributed by atoms with van der Waals surface area (Å²) in [7, 11) is 0. The van der Waals surface area contributed by atoms with Gasteiger partial charge in [-0.05, 0) is 19.1 Å². The molecule has 2 amide bonds. The Morgan fingerprint density at radius 3 is 2.30 bits per heavy atom. The van der Waals surface area contributed by atoms with E-state index in [1.165, 1.54) is 0 Å². The van der Waals surface area contributed by atoms with E-state index in [0.29, 0.717) is 16.8 Å². The monoisotopic (exact) mass is 274 g/mol. The zero-order valence-corrected chi connectivity index (χ0v) is 11.0. The minimum absolute atomic E-state index is 0.0234. The lowest BCUT2D eigenvalue weighted by Gasteiger charge is -2.13. The van der Waals surface area contributed by atoms with Gasteiger partial charge in [0.1, 0.15) is 6.61 Å². The third kappa shape index (κ3) is 2.69. The first-order valence-corrected chi connectivity index (χ1v) is 6.06. The summed E-state index contributed by atoms with van der Waals surface area (Å²) in [4.78, 5) is 36.3. The third-order valence-corrected chi connectivity index (χ3v) is 2.78. The summed E-state index contributed by atoms with van der Waals surface area (Å²) in [5, 5.41) is 0. The molecule has 1 heterocycles. The summed E-state index contributed by atoms with van der Waals surface area (Å²) in [5.74, 6) is -1.33. The number of imide groups is 1. The first-order chi connectivity index (χ1) is 9.50. The summed E-state index contributed by atoms with van der Waals surface area (Å²) in [6.07, 6.45) is 1.14. The lowest BCUT2D eigenvalue weighted by Crippen LogP contribution is -2.33. The number of hydrogen-bond donors (Lipinski definition) is 1. The van der Waals surface area contributed by atoms with Crippen LogP contribution in [0.15, 0.2) is 36.0 Å². The van der Waals surface area contributed by atoms with Crippen molar-refractivity contribution in [2.45, 2.75) is 6.92 Å². The van der Waals surface area contributed by atoms with Crippen molar-refractivity contribution < 1.29 is 19.1 Å². The van der Waals surface area contributed by atoms with Gasteiger partial charge in [0.25, 0.3) is 11.8 Å². The second-order valence-corrected chi connectivity index (χ2v) is 4.36. The van der Waals surface area contributed by atoms with Crippen molar-refractivity contribution in [1.82, 2.24) is 4.90 Å². The SMILES string of the molecule is CC(N)=CC(=O)OCCN1C(=O)c2ccccc2C1=O. The van der Waals surface area contributed by atoms with Crippen molar-refractivity contribution in [2.24, 2.45) is 5.73 Å². The number of carbonyl (C=O) groups is 3.